The van der Waals surface area contributed by atoms with Crippen molar-refractivity contribution in [2.24, 2.45) is 0 Å². The van der Waals surface area contributed by atoms with Crippen molar-refractivity contribution in [2.75, 3.05) is 38.3 Å². The predicted molar refractivity (Wildman–Crippen MR) is 122 cm³/mol. The standard InChI is InChI=1S/C17H18BrN3O3S3.ClH/c1-20(2)9-10-21(16(22)12-7-8-14(18)25-12)17-19-15-11(26-17)5-4-6-13(15)27(3,23)24;/h4-8H,9-10H2,1-3H3;1H. The van der Waals surface area contributed by atoms with Crippen molar-refractivity contribution < 1.29 is 13.2 Å². The average molecular weight is 525 g/mol. The maximum absolute atomic E-state index is 13.1. The number of para-hydroxylation sites is 1. The van der Waals surface area contributed by atoms with Crippen LogP contribution in [0.2, 0.25) is 0 Å². The number of amides is 1. The normalized spacial score (nSPS) is 11.6. The van der Waals surface area contributed by atoms with Gasteiger partial charge in [0, 0.05) is 19.3 Å². The van der Waals surface area contributed by atoms with Gasteiger partial charge in [-0.25, -0.2) is 13.4 Å². The second-order valence-electron chi connectivity index (χ2n) is 6.24. The number of carbonyl (C=O) groups excluding carboxylic acids is 1. The summed E-state index contributed by atoms with van der Waals surface area (Å²) in [7, 11) is 0.462. The molecule has 0 bridgehead atoms. The van der Waals surface area contributed by atoms with Crippen molar-refractivity contribution in [1.82, 2.24) is 9.88 Å². The molecule has 28 heavy (non-hydrogen) atoms. The molecule has 0 atom stereocenters. The van der Waals surface area contributed by atoms with Crippen LogP contribution in [-0.2, 0) is 9.84 Å². The van der Waals surface area contributed by atoms with Gasteiger partial charge in [0.25, 0.3) is 5.91 Å². The maximum Gasteiger partial charge on any atom is 0.270 e. The molecular formula is C17H19BrClN3O3S3. The van der Waals surface area contributed by atoms with Crippen LogP contribution in [0, 0.1) is 0 Å². The van der Waals surface area contributed by atoms with Crippen LogP contribution in [0.5, 0.6) is 0 Å². The Morgan fingerprint density at radius 3 is 2.43 bits per heavy atom. The van der Waals surface area contributed by atoms with Gasteiger partial charge in [0.2, 0.25) is 0 Å². The Bertz CT molecular complexity index is 1100. The fraction of sp³-hybridized carbons (Fsp3) is 0.294. The smallest absolute Gasteiger partial charge is 0.270 e. The molecule has 0 spiro atoms. The van der Waals surface area contributed by atoms with E-state index in [4.69, 9.17) is 0 Å². The van der Waals surface area contributed by atoms with Crippen LogP contribution in [0.15, 0.2) is 39.0 Å². The fourth-order valence-electron chi connectivity index (χ4n) is 2.47. The number of benzene rings is 1. The molecule has 0 aliphatic heterocycles. The van der Waals surface area contributed by atoms with E-state index in [-0.39, 0.29) is 23.2 Å². The number of thiazole rings is 1. The first-order valence-corrected chi connectivity index (χ1v) is 12.3. The lowest BCUT2D eigenvalue weighted by atomic mass is 10.3. The highest BCUT2D eigenvalue weighted by molar-refractivity contribution is 9.11. The van der Waals surface area contributed by atoms with Gasteiger partial charge in [-0.3, -0.25) is 9.69 Å². The summed E-state index contributed by atoms with van der Waals surface area (Å²) in [5, 5.41) is 0.498. The zero-order chi connectivity index (χ0) is 19.8. The molecular weight excluding hydrogens is 506 g/mol. The Morgan fingerprint density at radius 1 is 1.14 bits per heavy atom. The van der Waals surface area contributed by atoms with Crippen molar-refractivity contribution >= 4 is 82.1 Å². The first kappa shape index (κ1) is 23.2. The highest BCUT2D eigenvalue weighted by atomic mass is 79.9. The van der Waals surface area contributed by atoms with Crippen LogP contribution in [0.1, 0.15) is 9.67 Å². The third kappa shape index (κ3) is 5.11. The minimum absolute atomic E-state index is 0. The SMILES string of the molecule is CN(C)CCN(C(=O)c1ccc(Br)s1)c1nc2c(S(C)(=O)=O)cccc2s1.Cl. The third-order valence-electron chi connectivity index (χ3n) is 3.80. The van der Waals surface area contributed by atoms with Crippen molar-refractivity contribution in [3.05, 3.63) is 39.0 Å². The lowest BCUT2D eigenvalue weighted by Crippen LogP contribution is -2.36. The van der Waals surface area contributed by atoms with Crippen LogP contribution in [0.4, 0.5) is 5.13 Å². The second-order valence-corrected chi connectivity index (χ2v) is 11.7. The first-order chi connectivity index (χ1) is 12.7. The molecule has 0 radical (unpaired) electrons. The van der Waals surface area contributed by atoms with Crippen LogP contribution in [0.3, 0.4) is 0 Å². The summed E-state index contributed by atoms with van der Waals surface area (Å²) >= 11 is 6.07. The molecule has 6 nitrogen and oxygen atoms in total. The fourth-order valence-corrected chi connectivity index (χ4v) is 5.72. The number of likely N-dealkylation sites (N-methyl/N-ethyl adjacent to an activating group) is 1. The second kappa shape index (κ2) is 9.19. The van der Waals surface area contributed by atoms with Gasteiger partial charge in [-0.15, -0.1) is 23.7 Å². The Hall–Kier alpha value is -1.04. The van der Waals surface area contributed by atoms with E-state index >= 15 is 0 Å². The van der Waals surface area contributed by atoms with E-state index in [0.717, 1.165) is 8.49 Å². The predicted octanol–water partition coefficient (Wildman–Crippen LogP) is 4.15. The van der Waals surface area contributed by atoms with E-state index < -0.39 is 9.84 Å². The number of aromatic nitrogens is 1. The summed E-state index contributed by atoms with van der Waals surface area (Å²) in [6, 6.07) is 8.67. The molecule has 2 heterocycles. The van der Waals surface area contributed by atoms with Crippen molar-refractivity contribution in [1.29, 1.82) is 0 Å². The summed E-state index contributed by atoms with van der Waals surface area (Å²) in [6.45, 7) is 1.11. The molecule has 0 aliphatic carbocycles. The third-order valence-corrected chi connectivity index (χ3v) is 7.58. The Morgan fingerprint density at radius 2 is 1.86 bits per heavy atom. The highest BCUT2D eigenvalue weighted by Gasteiger charge is 2.24. The van der Waals surface area contributed by atoms with Gasteiger partial charge in [-0.1, -0.05) is 17.4 Å². The molecule has 0 unspecified atom stereocenters. The Balaban J connectivity index is 0.00000280. The summed E-state index contributed by atoms with van der Waals surface area (Å²) in [5.41, 5.74) is 0.412. The van der Waals surface area contributed by atoms with Crippen LogP contribution in [-0.4, -0.2) is 57.6 Å². The molecule has 0 saturated carbocycles. The monoisotopic (exact) mass is 523 g/mol. The Kier molecular flexibility index (Phi) is 7.62. The molecule has 0 saturated heterocycles. The quantitative estimate of drug-likeness (QED) is 0.484. The summed E-state index contributed by atoms with van der Waals surface area (Å²) < 4.78 is 25.8. The first-order valence-electron chi connectivity index (χ1n) is 7.98. The van der Waals surface area contributed by atoms with Crippen molar-refractivity contribution in [2.45, 2.75) is 4.90 Å². The molecule has 0 aliphatic rings. The van der Waals surface area contributed by atoms with Gasteiger partial charge in [0.1, 0.15) is 5.52 Å². The molecule has 1 amide bonds. The summed E-state index contributed by atoms with van der Waals surface area (Å²) in [5.74, 6) is -0.146. The highest BCUT2D eigenvalue weighted by Crippen LogP contribution is 2.34. The maximum atomic E-state index is 13.1. The molecule has 2 aromatic heterocycles. The van der Waals surface area contributed by atoms with E-state index in [1.165, 1.54) is 28.9 Å². The van der Waals surface area contributed by atoms with Gasteiger partial charge in [0.15, 0.2) is 15.0 Å². The number of fused-ring (bicyclic) bond motifs is 1. The number of sulfone groups is 1. The zero-order valence-electron chi connectivity index (χ0n) is 15.4. The number of nitrogens with zero attached hydrogens (tertiary/aromatic N) is 3. The van der Waals surface area contributed by atoms with Crippen molar-refractivity contribution in [3.63, 3.8) is 0 Å². The van der Waals surface area contributed by atoms with Gasteiger partial charge in [0.05, 0.1) is 18.3 Å². The van der Waals surface area contributed by atoms with E-state index in [0.29, 0.717) is 28.6 Å². The molecule has 11 heteroatoms. The zero-order valence-corrected chi connectivity index (χ0v) is 20.2. The molecule has 0 N–H and O–H groups in total. The molecule has 1 aromatic carbocycles. The van der Waals surface area contributed by atoms with Crippen LogP contribution < -0.4 is 4.90 Å². The van der Waals surface area contributed by atoms with E-state index in [1.807, 2.05) is 31.1 Å². The number of anilines is 1. The minimum atomic E-state index is -3.41. The van der Waals surface area contributed by atoms with Gasteiger partial charge < -0.3 is 4.90 Å². The number of halogens is 2. The van der Waals surface area contributed by atoms with Gasteiger partial charge in [-0.2, -0.15) is 0 Å². The number of carbonyl (C=O) groups is 1. The van der Waals surface area contributed by atoms with Gasteiger partial charge >= 0.3 is 0 Å². The molecule has 3 rings (SSSR count). The van der Waals surface area contributed by atoms with Crippen LogP contribution in [0.25, 0.3) is 10.2 Å². The number of hydrogen-bond acceptors (Lipinski definition) is 7. The van der Waals surface area contributed by atoms with E-state index in [9.17, 15) is 13.2 Å². The van der Waals surface area contributed by atoms with Crippen molar-refractivity contribution in [3.8, 4) is 0 Å². The van der Waals surface area contributed by atoms with E-state index in [1.54, 1.807) is 23.1 Å². The number of rotatable bonds is 6. The average Bonchev–Trinajstić information content (AvgIpc) is 3.19. The largest absolute Gasteiger partial charge is 0.308 e. The molecule has 0 fully saturated rings. The summed E-state index contributed by atoms with van der Waals surface area (Å²) in [6.07, 6.45) is 1.17. The van der Waals surface area contributed by atoms with E-state index in [2.05, 4.69) is 20.9 Å². The van der Waals surface area contributed by atoms with Crippen LogP contribution >= 0.6 is 51.0 Å². The van der Waals surface area contributed by atoms with Gasteiger partial charge in [-0.05, 0) is 54.3 Å². The summed E-state index contributed by atoms with van der Waals surface area (Å²) in [4.78, 5) is 22.0. The lowest BCUT2D eigenvalue weighted by molar-refractivity contribution is 0.0989. The topological polar surface area (TPSA) is 70.6 Å². The number of thiophene rings is 1. The lowest BCUT2D eigenvalue weighted by Gasteiger charge is -2.21. The number of hydrogen-bond donors (Lipinski definition) is 0. The Labute approximate surface area is 186 Å². The minimum Gasteiger partial charge on any atom is -0.308 e. The molecule has 3 aromatic rings. The molecule has 152 valence electrons.